The Balaban J connectivity index is 3.10. The summed E-state index contributed by atoms with van der Waals surface area (Å²) in [6.45, 7) is 0.156. The lowest BCUT2D eigenvalue weighted by Gasteiger charge is -2.25. The number of carboxylic acids is 2. The Hall–Kier alpha value is -3.85. The van der Waals surface area contributed by atoms with E-state index in [-0.39, 0.29) is 50.4 Å². The minimum absolute atomic E-state index is 0.0319. The SMILES string of the molecule is NC(N)=NCCCC(NC(=O)C(N)CCC(=O)O)C(=O)NC(Cc1ccccc1)C(=O)NC(CS)C(=O)O. The highest BCUT2D eigenvalue weighted by Gasteiger charge is 2.30. The summed E-state index contributed by atoms with van der Waals surface area (Å²) in [4.78, 5) is 64.8. The quantitative estimate of drug-likeness (QED) is 0.0441. The Morgan fingerprint density at radius 3 is 2.00 bits per heavy atom. The minimum atomic E-state index is -1.29. The average Bonchev–Trinajstić information content (AvgIpc) is 2.86. The third-order valence-electron chi connectivity index (χ3n) is 5.30. The molecule has 0 aliphatic rings. The van der Waals surface area contributed by atoms with Crippen molar-refractivity contribution in [3.05, 3.63) is 35.9 Å². The zero-order valence-electron chi connectivity index (χ0n) is 20.7. The Kier molecular flexibility index (Phi) is 14.2. The van der Waals surface area contributed by atoms with Gasteiger partial charge in [0.2, 0.25) is 17.7 Å². The van der Waals surface area contributed by atoms with E-state index in [0.29, 0.717) is 5.56 Å². The van der Waals surface area contributed by atoms with E-state index in [1.165, 1.54) is 0 Å². The van der Waals surface area contributed by atoms with Crippen molar-refractivity contribution < 1.29 is 34.2 Å². The number of benzene rings is 1. The van der Waals surface area contributed by atoms with Crippen LogP contribution in [0.2, 0.25) is 0 Å². The van der Waals surface area contributed by atoms with E-state index < -0.39 is 53.8 Å². The summed E-state index contributed by atoms with van der Waals surface area (Å²) in [7, 11) is 0. The number of nitrogens with one attached hydrogen (secondary N) is 3. The predicted octanol–water partition coefficient (Wildman–Crippen LogP) is -2.06. The molecule has 4 unspecified atom stereocenters. The maximum atomic E-state index is 13.2. The fourth-order valence-corrected chi connectivity index (χ4v) is 3.50. The summed E-state index contributed by atoms with van der Waals surface area (Å²) in [6.07, 6.45) is -0.122. The predicted molar refractivity (Wildman–Crippen MR) is 142 cm³/mol. The topological polar surface area (TPSA) is 252 Å². The summed E-state index contributed by atoms with van der Waals surface area (Å²) in [5, 5.41) is 25.5. The monoisotopic (exact) mass is 553 g/mol. The number of nitrogens with zero attached hydrogens (tertiary/aromatic N) is 1. The van der Waals surface area contributed by atoms with Gasteiger partial charge in [-0.15, -0.1) is 0 Å². The van der Waals surface area contributed by atoms with Crippen molar-refractivity contribution in [1.82, 2.24) is 16.0 Å². The second-order valence-electron chi connectivity index (χ2n) is 8.38. The van der Waals surface area contributed by atoms with Crippen LogP contribution in [0.3, 0.4) is 0 Å². The fourth-order valence-electron chi connectivity index (χ4n) is 3.25. The van der Waals surface area contributed by atoms with Crippen LogP contribution in [0, 0.1) is 0 Å². The summed E-state index contributed by atoms with van der Waals surface area (Å²) < 4.78 is 0. The van der Waals surface area contributed by atoms with Gasteiger partial charge in [0.1, 0.15) is 18.1 Å². The number of rotatable bonds is 17. The van der Waals surface area contributed by atoms with Crippen LogP contribution in [-0.4, -0.2) is 82.3 Å². The highest BCUT2D eigenvalue weighted by molar-refractivity contribution is 7.80. The molecule has 0 heterocycles. The normalized spacial score (nSPS) is 13.7. The molecule has 11 N–H and O–H groups in total. The minimum Gasteiger partial charge on any atom is -0.481 e. The molecule has 1 aromatic rings. The van der Waals surface area contributed by atoms with Crippen LogP contribution in [-0.2, 0) is 30.4 Å². The molecular formula is C23H35N7O7S. The Morgan fingerprint density at radius 2 is 1.45 bits per heavy atom. The summed E-state index contributed by atoms with van der Waals surface area (Å²) in [5.41, 5.74) is 17.1. The van der Waals surface area contributed by atoms with E-state index in [2.05, 4.69) is 33.6 Å². The van der Waals surface area contributed by atoms with E-state index in [0.717, 1.165) is 0 Å². The number of aliphatic imine (C=N–C) groups is 1. The number of guanidine groups is 1. The maximum absolute atomic E-state index is 13.2. The van der Waals surface area contributed by atoms with Crippen molar-refractivity contribution in [2.75, 3.05) is 12.3 Å². The van der Waals surface area contributed by atoms with Crippen molar-refractivity contribution >= 4 is 48.2 Å². The van der Waals surface area contributed by atoms with Gasteiger partial charge in [0.25, 0.3) is 0 Å². The van der Waals surface area contributed by atoms with Crippen LogP contribution in [0.1, 0.15) is 31.2 Å². The van der Waals surface area contributed by atoms with Gasteiger partial charge in [-0.2, -0.15) is 12.6 Å². The van der Waals surface area contributed by atoms with Gasteiger partial charge >= 0.3 is 11.9 Å². The lowest BCUT2D eigenvalue weighted by Crippen LogP contribution is -2.57. The molecule has 38 heavy (non-hydrogen) atoms. The molecule has 1 rings (SSSR count). The highest BCUT2D eigenvalue weighted by Crippen LogP contribution is 2.07. The van der Waals surface area contributed by atoms with Crippen LogP contribution < -0.4 is 33.2 Å². The van der Waals surface area contributed by atoms with Crippen molar-refractivity contribution in [2.24, 2.45) is 22.2 Å². The fraction of sp³-hybridized carbons (Fsp3) is 0.478. The summed E-state index contributed by atoms with van der Waals surface area (Å²) in [5.74, 6) is -4.99. The molecule has 0 radical (unpaired) electrons. The van der Waals surface area contributed by atoms with Gasteiger partial charge in [-0.3, -0.25) is 24.2 Å². The molecule has 0 saturated carbocycles. The van der Waals surface area contributed by atoms with Gasteiger partial charge in [-0.05, 0) is 24.8 Å². The van der Waals surface area contributed by atoms with Crippen LogP contribution in [0.15, 0.2) is 35.3 Å². The maximum Gasteiger partial charge on any atom is 0.327 e. The molecule has 1 aromatic carbocycles. The van der Waals surface area contributed by atoms with Crippen LogP contribution in [0.25, 0.3) is 0 Å². The van der Waals surface area contributed by atoms with E-state index >= 15 is 0 Å². The van der Waals surface area contributed by atoms with Crippen LogP contribution in [0.4, 0.5) is 0 Å². The van der Waals surface area contributed by atoms with Crippen molar-refractivity contribution in [1.29, 1.82) is 0 Å². The molecule has 210 valence electrons. The van der Waals surface area contributed by atoms with E-state index in [1.807, 2.05) is 0 Å². The van der Waals surface area contributed by atoms with Gasteiger partial charge < -0.3 is 43.4 Å². The first-order valence-electron chi connectivity index (χ1n) is 11.8. The number of nitrogens with two attached hydrogens (primary N) is 3. The molecule has 14 nitrogen and oxygen atoms in total. The first-order chi connectivity index (χ1) is 17.9. The van der Waals surface area contributed by atoms with Crippen molar-refractivity contribution in [2.45, 2.75) is 56.3 Å². The third-order valence-corrected chi connectivity index (χ3v) is 5.66. The van der Waals surface area contributed by atoms with E-state index in [1.54, 1.807) is 30.3 Å². The van der Waals surface area contributed by atoms with Gasteiger partial charge in [-0.1, -0.05) is 30.3 Å². The average molecular weight is 554 g/mol. The van der Waals surface area contributed by atoms with E-state index in [4.69, 9.17) is 22.3 Å². The lowest BCUT2D eigenvalue weighted by molar-refractivity contribution is -0.141. The summed E-state index contributed by atoms with van der Waals surface area (Å²) >= 11 is 3.94. The zero-order chi connectivity index (χ0) is 28.7. The second kappa shape index (κ2) is 16.8. The van der Waals surface area contributed by atoms with Gasteiger partial charge in [0, 0.05) is 25.1 Å². The molecule has 0 aromatic heterocycles. The molecular weight excluding hydrogens is 518 g/mol. The third kappa shape index (κ3) is 12.4. The zero-order valence-corrected chi connectivity index (χ0v) is 21.6. The van der Waals surface area contributed by atoms with E-state index in [9.17, 15) is 29.1 Å². The van der Waals surface area contributed by atoms with Crippen molar-refractivity contribution in [3.8, 4) is 0 Å². The number of hydrogen-bond donors (Lipinski definition) is 9. The van der Waals surface area contributed by atoms with Crippen LogP contribution in [0.5, 0.6) is 0 Å². The molecule has 15 heteroatoms. The van der Waals surface area contributed by atoms with Gasteiger partial charge in [-0.25, -0.2) is 4.79 Å². The standard InChI is InChI=1S/C23H35N7O7S/c24-14(8-9-18(31)32)19(33)28-15(7-4-10-27-23(25)26)20(34)29-16(11-13-5-2-1-3-6-13)21(35)30-17(12-38)22(36)37/h1-3,5-6,14-17,38H,4,7-12,24H2,(H,28,33)(H,29,34)(H,30,35)(H,31,32)(H,36,37)(H4,25,26,27). The lowest BCUT2D eigenvalue weighted by atomic mass is 10.0. The molecule has 0 aliphatic carbocycles. The number of carbonyl (C=O) groups excluding carboxylic acids is 3. The summed E-state index contributed by atoms with van der Waals surface area (Å²) in [6, 6.07) is 3.89. The van der Waals surface area contributed by atoms with Gasteiger partial charge in [0.15, 0.2) is 5.96 Å². The molecule has 0 spiro atoms. The Bertz CT molecular complexity index is 990. The number of carboxylic acid groups (broad SMARTS) is 2. The largest absolute Gasteiger partial charge is 0.481 e. The van der Waals surface area contributed by atoms with Gasteiger partial charge in [0.05, 0.1) is 6.04 Å². The molecule has 0 saturated heterocycles. The molecule has 4 atom stereocenters. The Labute approximate surface area is 225 Å². The molecule has 0 aliphatic heterocycles. The number of carbonyl (C=O) groups is 5. The number of amides is 3. The molecule has 0 fully saturated rings. The number of hydrogen-bond acceptors (Lipinski definition) is 8. The van der Waals surface area contributed by atoms with Crippen LogP contribution >= 0.6 is 12.6 Å². The Morgan fingerprint density at radius 1 is 0.868 bits per heavy atom. The number of aliphatic carboxylic acids is 2. The first kappa shape index (κ1) is 32.2. The second-order valence-corrected chi connectivity index (χ2v) is 8.75. The number of thiol groups is 1. The molecule has 0 bridgehead atoms. The van der Waals surface area contributed by atoms with Crippen molar-refractivity contribution in [3.63, 3.8) is 0 Å². The smallest absolute Gasteiger partial charge is 0.327 e. The molecule has 3 amide bonds. The first-order valence-corrected chi connectivity index (χ1v) is 12.4. The highest BCUT2D eigenvalue weighted by atomic mass is 32.1.